The number of carbonyl (C=O) groups excluding carboxylic acids is 1. The molecule has 4 atom stereocenters. The summed E-state index contributed by atoms with van der Waals surface area (Å²) in [6.07, 6.45) is -2.25. The molecule has 1 saturated heterocycles. The summed E-state index contributed by atoms with van der Waals surface area (Å²) < 4.78 is 21.2. The summed E-state index contributed by atoms with van der Waals surface area (Å²) in [4.78, 5) is 13.6. The van der Waals surface area contributed by atoms with Gasteiger partial charge in [0.15, 0.2) is 0 Å². The quantitative estimate of drug-likeness (QED) is 0.767. The van der Waals surface area contributed by atoms with Gasteiger partial charge >= 0.3 is 0 Å². The summed E-state index contributed by atoms with van der Waals surface area (Å²) >= 11 is 0. The van der Waals surface area contributed by atoms with Crippen LogP contribution in [0.25, 0.3) is 0 Å². The van der Waals surface area contributed by atoms with Gasteiger partial charge in [-0.1, -0.05) is 60.7 Å². The van der Waals surface area contributed by atoms with E-state index in [2.05, 4.69) is 5.32 Å². The third kappa shape index (κ3) is 5.16. The molecule has 2 N–H and O–H groups in total. The zero-order valence-corrected chi connectivity index (χ0v) is 16.0. The molecule has 1 aliphatic rings. The number of halogens is 1. The molecule has 1 amide bonds. The maximum Gasteiger partial charge on any atom is 0.217 e. The average molecular weight is 386 g/mol. The number of ether oxygens (including phenoxy) is 1. The number of alkyl halides is 1. The fraction of sp³-hybridized carbons (Fsp3) is 0.409. The monoisotopic (exact) mass is 386 g/mol. The van der Waals surface area contributed by atoms with Crippen LogP contribution < -0.4 is 5.32 Å². The number of carbonyl (C=O) groups is 1. The van der Waals surface area contributed by atoms with Crippen molar-refractivity contribution in [1.29, 1.82) is 0 Å². The summed E-state index contributed by atoms with van der Waals surface area (Å²) in [6.45, 7) is 2.26. The summed E-state index contributed by atoms with van der Waals surface area (Å²) in [5.41, 5.74) is 1.99. The van der Waals surface area contributed by atoms with E-state index in [9.17, 15) is 9.90 Å². The average Bonchev–Trinajstić information content (AvgIpc) is 2.70. The molecule has 0 saturated carbocycles. The van der Waals surface area contributed by atoms with Gasteiger partial charge < -0.3 is 15.2 Å². The van der Waals surface area contributed by atoms with Crippen LogP contribution in [0.3, 0.4) is 0 Å². The van der Waals surface area contributed by atoms with Crippen molar-refractivity contribution in [1.82, 2.24) is 10.2 Å². The van der Waals surface area contributed by atoms with Crippen LogP contribution in [-0.4, -0.2) is 53.4 Å². The van der Waals surface area contributed by atoms with Crippen molar-refractivity contribution < 1.29 is 19.0 Å². The van der Waals surface area contributed by atoms with Gasteiger partial charge in [0.05, 0.1) is 25.3 Å². The molecule has 1 heterocycles. The van der Waals surface area contributed by atoms with Crippen molar-refractivity contribution in [3.63, 3.8) is 0 Å². The van der Waals surface area contributed by atoms with Crippen LogP contribution in [0.5, 0.6) is 0 Å². The molecular formula is C22H27FN2O3. The zero-order chi connectivity index (χ0) is 19.9. The second-order valence-corrected chi connectivity index (χ2v) is 7.18. The predicted octanol–water partition coefficient (Wildman–Crippen LogP) is 2.29. The Kier molecular flexibility index (Phi) is 7.14. The Morgan fingerprint density at radius 1 is 1.14 bits per heavy atom. The maximum absolute atomic E-state index is 15.2. The van der Waals surface area contributed by atoms with Crippen LogP contribution in [0.2, 0.25) is 0 Å². The molecule has 3 rings (SSSR count). The van der Waals surface area contributed by atoms with Crippen molar-refractivity contribution in [3.05, 3.63) is 71.8 Å². The van der Waals surface area contributed by atoms with Gasteiger partial charge in [-0.25, -0.2) is 4.39 Å². The van der Waals surface area contributed by atoms with Crippen LogP contribution >= 0.6 is 0 Å². The summed E-state index contributed by atoms with van der Waals surface area (Å²) in [5, 5.41) is 12.7. The van der Waals surface area contributed by atoms with Gasteiger partial charge in [-0.2, -0.15) is 0 Å². The number of likely N-dealkylation sites (tertiary alicyclic amines) is 1. The minimum Gasteiger partial charge on any atom is -0.395 e. The summed E-state index contributed by atoms with van der Waals surface area (Å²) in [5.74, 6) is -0.281. The highest BCUT2D eigenvalue weighted by Gasteiger charge is 2.45. The van der Waals surface area contributed by atoms with Gasteiger partial charge in [-0.15, -0.1) is 0 Å². The summed E-state index contributed by atoms with van der Waals surface area (Å²) in [6, 6.07) is 18.2. The second kappa shape index (κ2) is 9.78. The molecule has 6 heteroatoms. The first kappa shape index (κ1) is 20.5. The number of aliphatic hydroxyl groups excluding tert-OH is 1. The first-order valence-electron chi connectivity index (χ1n) is 9.54. The van der Waals surface area contributed by atoms with E-state index >= 15 is 4.39 Å². The zero-order valence-electron chi connectivity index (χ0n) is 16.0. The number of amides is 1. The molecule has 2 aromatic rings. The van der Waals surface area contributed by atoms with E-state index in [1.807, 2.05) is 65.6 Å². The van der Waals surface area contributed by atoms with Crippen molar-refractivity contribution >= 4 is 5.91 Å². The number of nitrogens with one attached hydrogen (secondary N) is 1. The van der Waals surface area contributed by atoms with Gasteiger partial charge in [-0.3, -0.25) is 9.69 Å². The number of hydrogen-bond donors (Lipinski definition) is 2. The standard InChI is InChI=1S/C22H27FN2O3/c1-16(27)24-19-13-25(12-17-8-4-2-5-9-17)20(14-26)22(21(19)23)28-15-18-10-6-3-7-11-18/h2-11,19-22,26H,12-15H2,1H3,(H,24,27)/t19-,20+,21+,22+/m0/s1. The van der Waals surface area contributed by atoms with Crippen LogP contribution in [0, 0.1) is 0 Å². The number of rotatable bonds is 7. The Hall–Kier alpha value is -2.28. The van der Waals surface area contributed by atoms with E-state index in [4.69, 9.17) is 4.74 Å². The smallest absolute Gasteiger partial charge is 0.217 e. The normalized spacial score (nSPS) is 25.4. The molecule has 2 aromatic carbocycles. The third-order valence-electron chi connectivity index (χ3n) is 5.07. The molecule has 0 spiro atoms. The molecule has 0 radical (unpaired) electrons. The van der Waals surface area contributed by atoms with Crippen molar-refractivity contribution in [3.8, 4) is 0 Å². The highest BCUT2D eigenvalue weighted by molar-refractivity contribution is 5.73. The molecule has 28 heavy (non-hydrogen) atoms. The topological polar surface area (TPSA) is 61.8 Å². The lowest BCUT2D eigenvalue weighted by atomic mass is 9.92. The SMILES string of the molecule is CC(=O)N[C@H]1CN(Cc2ccccc2)[C@H](CO)[C@@H](OCc2ccccc2)[C@@H]1F. The Balaban J connectivity index is 1.79. The van der Waals surface area contributed by atoms with Crippen LogP contribution in [0.1, 0.15) is 18.1 Å². The molecule has 150 valence electrons. The molecular weight excluding hydrogens is 359 g/mol. The van der Waals surface area contributed by atoms with E-state index in [1.54, 1.807) is 0 Å². The Bertz CT molecular complexity index is 744. The molecule has 0 aromatic heterocycles. The third-order valence-corrected chi connectivity index (χ3v) is 5.07. The first-order valence-corrected chi connectivity index (χ1v) is 9.54. The van der Waals surface area contributed by atoms with Crippen LogP contribution in [0.4, 0.5) is 4.39 Å². The molecule has 0 bridgehead atoms. The van der Waals surface area contributed by atoms with E-state index in [-0.39, 0.29) is 19.1 Å². The fourth-order valence-corrected chi connectivity index (χ4v) is 3.71. The van der Waals surface area contributed by atoms with E-state index < -0.39 is 24.4 Å². The van der Waals surface area contributed by atoms with Gasteiger partial charge in [0, 0.05) is 20.0 Å². The number of piperidine rings is 1. The van der Waals surface area contributed by atoms with Crippen molar-refractivity contribution in [2.75, 3.05) is 13.2 Å². The minimum atomic E-state index is -1.41. The first-order chi connectivity index (χ1) is 13.6. The van der Waals surface area contributed by atoms with Crippen molar-refractivity contribution in [2.24, 2.45) is 0 Å². The van der Waals surface area contributed by atoms with E-state index in [0.29, 0.717) is 13.1 Å². The molecule has 0 aliphatic carbocycles. The number of benzene rings is 2. The van der Waals surface area contributed by atoms with E-state index in [0.717, 1.165) is 11.1 Å². The van der Waals surface area contributed by atoms with Gasteiger partial charge in [0.25, 0.3) is 0 Å². The lowest BCUT2D eigenvalue weighted by Crippen LogP contribution is -2.65. The highest BCUT2D eigenvalue weighted by atomic mass is 19.1. The van der Waals surface area contributed by atoms with E-state index in [1.165, 1.54) is 6.92 Å². The Labute approximate surface area is 165 Å². The molecule has 0 unspecified atom stereocenters. The number of aliphatic hydroxyl groups is 1. The molecule has 1 aliphatic heterocycles. The number of nitrogens with zero attached hydrogens (tertiary/aromatic N) is 1. The van der Waals surface area contributed by atoms with Crippen LogP contribution in [-0.2, 0) is 22.7 Å². The largest absolute Gasteiger partial charge is 0.395 e. The number of hydrogen-bond acceptors (Lipinski definition) is 4. The summed E-state index contributed by atoms with van der Waals surface area (Å²) in [7, 11) is 0. The lowest BCUT2D eigenvalue weighted by Gasteiger charge is -2.45. The van der Waals surface area contributed by atoms with Crippen LogP contribution in [0.15, 0.2) is 60.7 Å². The Morgan fingerprint density at radius 3 is 2.32 bits per heavy atom. The second-order valence-electron chi connectivity index (χ2n) is 7.18. The fourth-order valence-electron chi connectivity index (χ4n) is 3.71. The van der Waals surface area contributed by atoms with Crippen molar-refractivity contribution in [2.45, 2.75) is 44.4 Å². The lowest BCUT2D eigenvalue weighted by molar-refractivity contribution is -0.131. The molecule has 1 fully saturated rings. The minimum absolute atomic E-state index is 0.223. The highest BCUT2D eigenvalue weighted by Crippen LogP contribution is 2.26. The van der Waals surface area contributed by atoms with Gasteiger partial charge in [0.1, 0.15) is 12.3 Å². The van der Waals surface area contributed by atoms with Gasteiger partial charge in [0.2, 0.25) is 5.91 Å². The predicted molar refractivity (Wildman–Crippen MR) is 105 cm³/mol. The molecule has 5 nitrogen and oxygen atoms in total. The van der Waals surface area contributed by atoms with Gasteiger partial charge in [-0.05, 0) is 11.1 Å². The Morgan fingerprint density at radius 2 is 1.75 bits per heavy atom. The maximum atomic E-state index is 15.2.